The molecular weight excluding hydrogens is 634 g/mol. The number of esters is 2. The van der Waals surface area contributed by atoms with Crippen molar-refractivity contribution < 1.29 is 19.1 Å². The number of nitrogens with zero attached hydrogens (tertiary/aromatic N) is 1. The fourth-order valence-electron chi connectivity index (χ4n) is 5.05. The molecule has 220 valence electrons. The normalized spacial score (nSPS) is 11.4. The van der Waals surface area contributed by atoms with Gasteiger partial charge in [0.25, 0.3) is 0 Å². The molecule has 0 aliphatic carbocycles. The van der Waals surface area contributed by atoms with Crippen LogP contribution in [0, 0.1) is 0 Å². The Hall–Kier alpha value is -1.86. The number of halogens is 2. The second kappa shape index (κ2) is 18.5. The molecule has 1 heterocycles. The number of ether oxygens (including phenoxy) is 2. The Morgan fingerprint density at radius 3 is 1.60 bits per heavy atom. The van der Waals surface area contributed by atoms with Gasteiger partial charge < -0.3 is 14.0 Å². The Kier molecular flexibility index (Phi) is 15.1. The summed E-state index contributed by atoms with van der Waals surface area (Å²) in [6, 6.07) is 12.8. The summed E-state index contributed by atoms with van der Waals surface area (Å²) in [6.45, 7) is 3.77. The molecule has 0 saturated carbocycles. The number of fused-ring (bicyclic) bond motifs is 3. The van der Waals surface area contributed by atoms with E-state index in [1.165, 1.54) is 36.7 Å². The number of aromatic nitrogens is 1. The molecule has 0 spiro atoms. The first kappa shape index (κ1) is 32.7. The van der Waals surface area contributed by atoms with Crippen LogP contribution in [-0.4, -0.2) is 27.2 Å². The first-order valence-corrected chi connectivity index (χ1v) is 17.3. The minimum Gasteiger partial charge on any atom is -0.461 e. The summed E-state index contributed by atoms with van der Waals surface area (Å²) in [7, 11) is 0. The molecule has 3 aromatic rings. The first-order valence-electron chi connectivity index (χ1n) is 15.0. The molecule has 2 aromatic carbocycles. The van der Waals surface area contributed by atoms with Crippen molar-refractivity contribution in [1.82, 2.24) is 4.57 Å². The first-order chi connectivity index (χ1) is 19.6. The van der Waals surface area contributed by atoms with Crippen LogP contribution in [0.25, 0.3) is 21.8 Å². The maximum absolute atomic E-state index is 12.2. The van der Waals surface area contributed by atoms with Crippen LogP contribution in [0.1, 0.15) is 102 Å². The van der Waals surface area contributed by atoms with Gasteiger partial charge in [-0.15, -0.1) is 0 Å². The Balaban J connectivity index is 1.75. The quantitative estimate of drug-likeness (QED) is 0.0678. The Morgan fingerprint density at radius 2 is 1.12 bits per heavy atom. The number of alkyl halides is 2. The van der Waals surface area contributed by atoms with Crippen molar-refractivity contribution in [2.45, 2.75) is 110 Å². The van der Waals surface area contributed by atoms with E-state index in [0.29, 0.717) is 12.8 Å². The molecule has 0 aliphatic heterocycles. The Morgan fingerprint density at radius 1 is 0.650 bits per heavy atom. The van der Waals surface area contributed by atoms with Gasteiger partial charge in [-0.25, -0.2) is 0 Å². The van der Waals surface area contributed by atoms with Crippen LogP contribution >= 0.6 is 31.9 Å². The molecule has 0 radical (unpaired) electrons. The van der Waals surface area contributed by atoms with Gasteiger partial charge >= 0.3 is 11.9 Å². The standard InChI is InChI=1S/C33H45Br2NO4/c1-2-3-4-5-12-21-36-30-17-15-26(24-39-32(37)13-8-6-10-19-34)22-28(30)29-23-27(16-18-31(29)36)25-40-33(38)14-9-7-11-20-35/h15-18,22-23H,2-14,19-21,24-25H2,1H3. The smallest absolute Gasteiger partial charge is 0.306 e. The zero-order valence-electron chi connectivity index (χ0n) is 24.0. The highest BCUT2D eigenvalue weighted by molar-refractivity contribution is 9.09. The second-order valence-corrected chi connectivity index (χ2v) is 12.2. The average molecular weight is 680 g/mol. The van der Waals surface area contributed by atoms with Crippen LogP contribution < -0.4 is 0 Å². The number of aryl methyl sites for hydroxylation is 1. The molecule has 0 bridgehead atoms. The lowest BCUT2D eigenvalue weighted by atomic mass is 10.1. The number of benzene rings is 2. The Labute approximate surface area is 256 Å². The second-order valence-electron chi connectivity index (χ2n) is 10.6. The highest BCUT2D eigenvalue weighted by atomic mass is 79.9. The van der Waals surface area contributed by atoms with E-state index in [4.69, 9.17) is 9.47 Å². The monoisotopic (exact) mass is 677 g/mol. The van der Waals surface area contributed by atoms with E-state index in [2.05, 4.69) is 79.7 Å². The zero-order valence-corrected chi connectivity index (χ0v) is 27.2. The summed E-state index contributed by atoms with van der Waals surface area (Å²) in [6.07, 6.45) is 13.0. The van der Waals surface area contributed by atoms with Gasteiger partial charge in [-0.1, -0.05) is 89.4 Å². The molecule has 0 unspecified atom stereocenters. The molecule has 0 aliphatic rings. The molecule has 3 rings (SSSR count). The van der Waals surface area contributed by atoms with Crippen molar-refractivity contribution in [1.29, 1.82) is 0 Å². The molecule has 0 atom stereocenters. The maximum Gasteiger partial charge on any atom is 0.306 e. The van der Waals surface area contributed by atoms with E-state index in [9.17, 15) is 9.59 Å². The van der Waals surface area contributed by atoms with Crippen LogP contribution in [0.2, 0.25) is 0 Å². The molecule has 0 amide bonds. The summed E-state index contributed by atoms with van der Waals surface area (Å²) in [4.78, 5) is 24.5. The highest BCUT2D eigenvalue weighted by Gasteiger charge is 2.14. The maximum atomic E-state index is 12.2. The third-order valence-electron chi connectivity index (χ3n) is 7.31. The van der Waals surface area contributed by atoms with Crippen LogP contribution in [0.4, 0.5) is 0 Å². The van der Waals surface area contributed by atoms with Crippen molar-refractivity contribution in [2.24, 2.45) is 0 Å². The molecule has 0 N–H and O–H groups in total. The van der Waals surface area contributed by atoms with Crippen LogP contribution in [-0.2, 0) is 38.8 Å². The van der Waals surface area contributed by atoms with E-state index in [1.54, 1.807) is 0 Å². The Bertz CT molecular complexity index is 1120. The molecule has 1 aromatic heterocycles. The number of hydrogen-bond donors (Lipinski definition) is 0. The summed E-state index contributed by atoms with van der Waals surface area (Å²) in [5, 5.41) is 4.24. The molecule has 7 heteroatoms. The number of hydrogen-bond acceptors (Lipinski definition) is 4. The van der Waals surface area contributed by atoms with Crippen molar-refractivity contribution in [3.05, 3.63) is 47.5 Å². The van der Waals surface area contributed by atoms with E-state index in [0.717, 1.165) is 84.1 Å². The number of carbonyl (C=O) groups excluding carboxylic acids is 2. The lowest BCUT2D eigenvalue weighted by Gasteiger charge is -2.09. The van der Waals surface area contributed by atoms with Crippen LogP contribution in [0.15, 0.2) is 36.4 Å². The molecule has 5 nitrogen and oxygen atoms in total. The SMILES string of the molecule is CCCCCCCn1c2ccc(COC(=O)CCCCCBr)cc2c2cc(COC(=O)CCCCCBr)ccc21. The van der Waals surface area contributed by atoms with E-state index in [-0.39, 0.29) is 25.2 Å². The summed E-state index contributed by atoms with van der Waals surface area (Å²) >= 11 is 6.86. The number of unbranched alkanes of at least 4 members (excludes halogenated alkanes) is 8. The van der Waals surface area contributed by atoms with Crippen molar-refractivity contribution in [3.63, 3.8) is 0 Å². The predicted octanol–water partition coefficient (Wildman–Crippen LogP) is 9.76. The van der Waals surface area contributed by atoms with Gasteiger partial charge in [-0.2, -0.15) is 0 Å². The topological polar surface area (TPSA) is 57.5 Å². The predicted molar refractivity (Wildman–Crippen MR) is 172 cm³/mol. The van der Waals surface area contributed by atoms with Crippen LogP contribution in [0.3, 0.4) is 0 Å². The van der Waals surface area contributed by atoms with E-state index < -0.39 is 0 Å². The van der Waals surface area contributed by atoms with E-state index >= 15 is 0 Å². The molecule has 0 saturated heterocycles. The van der Waals surface area contributed by atoms with Crippen molar-refractivity contribution in [2.75, 3.05) is 10.7 Å². The van der Waals surface area contributed by atoms with Crippen molar-refractivity contribution >= 4 is 65.6 Å². The van der Waals surface area contributed by atoms with E-state index in [1.807, 2.05) is 0 Å². The van der Waals surface area contributed by atoms with Gasteiger partial charge in [0.15, 0.2) is 0 Å². The van der Waals surface area contributed by atoms with Gasteiger partial charge in [-0.05, 0) is 67.5 Å². The average Bonchev–Trinajstić information content (AvgIpc) is 3.27. The minimum atomic E-state index is -0.138. The fraction of sp³-hybridized carbons (Fsp3) is 0.576. The largest absolute Gasteiger partial charge is 0.461 e. The van der Waals surface area contributed by atoms with Gasteiger partial charge in [0, 0.05) is 51.9 Å². The summed E-state index contributed by atoms with van der Waals surface area (Å²) < 4.78 is 13.6. The number of carbonyl (C=O) groups is 2. The third kappa shape index (κ3) is 10.5. The van der Waals surface area contributed by atoms with Gasteiger partial charge in [0.1, 0.15) is 13.2 Å². The zero-order chi connectivity index (χ0) is 28.6. The molecular formula is C33H45Br2NO4. The summed E-state index contributed by atoms with van der Waals surface area (Å²) in [5.41, 5.74) is 4.36. The van der Waals surface area contributed by atoms with Gasteiger partial charge in [0.2, 0.25) is 0 Å². The molecule has 0 fully saturated rings. The fourth-order valence-corrected chi connectivity index (χ4v) is 5.84. The minimum absolute atomic E-state index is 0.138. The van der Waals surface area contributed by atoms with Crippen LogP contribution in [0.5, 0.6) is 0 Å². The van der Waals surface area contributed by atoms with Gasteiger partial charge in [0.05, 0.1) is 0 Å². The summed E-state index contributed by atoms with van der Waals surface area (Å²) in [5.74, 6) is -0.277. The van der Waals surface area contributed by atoms with Crippen molar-refractivity contribution in [3.8, 4) is 0 Å². The molecule has 40 heavy (non-hydrogen) atoms. The number of rotatable bonds is 20. The lowest BCUT2D eigenvalue weighted by molar-refractivity contribution is -0.146. The van der Waals surface area contributed by atoms with Gasteiger partial charge in [-0.3, -0.25) is 9.59 Å². The highest BCUT2D eigenvalue weighted by Crippen LogP contribution is 2.32. The third-order valence-corrected chi connectivity index (χ3v) is 8.43. The lowest BCUT2D eigenvalue weighted by Crippen LogP contribution is -2.04.